The highest BCUT2D eigenvalue weighted by Gasteiger charge is 2.17. The standard InChI is InChI=1S/C15H16ClN3O/c16-15-13(18-8-4-5-9-18)10-14(20)19(17-15)11-12-6-2-1-3-7-12/h1-3,6-7,10H,4-5,8-9,11H2. The molecule has 0 atom stereocenters. The predicted octanol–water partition coefficient (Wildman–Crippen LogP) is 2.55. The zero-order chi connectivity index (χ0) is 13.9. The van der Waals surface area contributed by atoms with E-state index >= 15 is 0 Å². The van der Waals surface area contributed by atoms with Crippen molar-refractivity contribution in [3.8, 4) is 0 Å². The van der Waals surface area contributed by atoms with Crippen molar-refractivity contribution in [2.45, 2.75) is 19.4 Å². The first kappa shape index (κ1) is 13.2. The average molecular weight is 290 g/mol. The Kier molecular flexibility index (Phi) is 3.74. The summed E-state index contributed by atoms with van der Waals surface area (Å²) in [4.78, 5) is 14.3. The fourth-order valence-corrected chi connectivity index (χ4v) is 2.77. The maximum atomic E-state index is 12.2. The number of halogens is 1. The van der Waals surface area contributed by atoms with Crippen molar-refractivity contribution in [3.05, 3.63) is 57.5 Å². The van der Waals surface area contributed by atoms with Crippen LogP contribution in [0.25, 0.3) is 0 Å². The van der Waals surface area contributed by atoms with Gasteiger partial charge in [-0.05, 0) is 18.4 Å². The van der Waals surface area contributed by atoms with E-state index in [2.05, 4.69) is 10.00 Å². The van der Waals surface area contributed by atoms with E-state index in [-0.39, 0.29) is 5.56 Å². The van der Waals surface area contributed by atoms with E-state index in [9.17, 15) is 4.79 Å². The number of rotatable bonds is 3. The fraction of sp³-hybridized carbons (Fsp3) is 0.333. The third kappa shape index (κ3) is 2.70. The second-order valence-corrected chi connectivity index (χ2v) is 5.35. The van der Waals surface area contributed by atoms with Crippen molar-refractivity contribution in [1.29, 1.82) is 0 Å². The van der Waals surface area contributed by atoms with Gasteiger partial charge in [-0.3, -0.25) is 4.79 Å². The Morgan fingerprint density at radius 1 is 1.15 bits per heavy atom. The summed E-state index contributed by atoms with van der Waals surface area (Å²) in [6.07, 6.45) is 2.28. The molecule has 0 aliphatic carbocycles. The average Bonchev–Trinajstić information content (AvgIpc) is 2.97. The van der Waals surface area contributed by atoms with Crippen LogP contribution < -0.4 is 10.5 Å². The maximum Gasteiger partial charge on any atom is 0.269 e. The third-order valence-corrected chi connectivity index (χ3v) is 3.83. The Balaban J connectivity index is 1.90. The van der Waals surface area contributed by atoms with Crippen molar-refractivity contribution in [1.82, 2.24) is 9.78 Å². The summed E-state index contributed by atoms with van der Waals surface area (Å²) in [5, 5.41) is 4.65. The summed E-state index contributed by atoms with van der Waals surface area (Å²) in [5.74, 6) is 0. The molecule has 2 heterocycles. The minimum absolute atomic E-state index is 0.111. The molecular formula is C15H16ClN3O. The number of nitrogens with zero attached hydrogens (tertiary/aromatic N) is 3. The molecule has 20 heavy (non-hydrogen) atoms. The van der Waals surface area contributed by atoms with Gasteiger partial charge in [0.1, 0.15) is 0 Å². The van der Waals surface area contributed by atoms with Crippen LogP contribution in [0.4, 0.5) is 5.69 Å². The number of benzene rings is 1. The van der Waals surface area contributed by atoms with Crippen LogP contribution in [0.2, 0.25) is 5.15 Å². The van der Waals surface area contributed by atoms with Crippen LogP contribution in [0.15, 0.2) is 41.2 Å². The lowest BCUT2D eigenvalue weighted by Crippen LogP contribution is -2.27. The van der Waals surface area contributed by atoms with Gasteiger partial charge in [0.25, 0.3) is 5.56 Å². The summed E-state index contributed by atoms with van der Waals surface area (Å²) in [7, 11) is 0. The molecule has 1 aromatic carbocycles. The molecule has 1 aromatic heterocycles. The minimum atomic E-state index is -0.111. The number of anilines is 1. The lowest BCUT2D eigenvalue weighted by atomic mass is 10.2. The van der Waals surface area contributed by atoms with Crippen LogP contribution in [0, 0.1) is 0 Å². The van der Waals surface area contributed by atoms with E-state index < -0.39 is 0 Å². The normalized spacial score (nSPS) is 14.8. The van der Waals surface area contributed by atoms with E-state index in [1.165, 1.54) is 4.68 Å². The van der Waals surface area contributed by atoms with Crippen LogP contribution in [0.1, 0.15) is 18.4 Å². The molecule has 3 rings (SSSR count). The molecule has 2 aromatic rings. The number of hydrogen-bond donors (Lipinski definition) is 0. The summed E-state index contributed by atoms with van der Waals surface area (Å²) in [6.45, 7) is 2.34. The summed E-state index contributed by atoms with van der Waals surface area (Å²) in [6, 6.07) is 11.4. The Bertz CT molecular complexity index is 648. The van der Waals surface area contributed by atoms with Gasteiger partial charge in [-0.1, -0.05) is 41.9 Å². The second kappa shape index (κ2) is 5.67. The molecule has 0 unspecified atom stereocenters. The molecule has 5 heteroatoms. The van der Waals surface area contributed by atoms with Gasteiger partial charge in [0.05, 0.1) is 12.2 Å². The molecule has 0 saturated carbocycles. The van der Waals surface area contributed by atoms with E-state index in [4.69, 9.17) is 11.6 Å². The van der Waals surface area contributed by atoms with Crippen molar-refractivity contribution in [3.63, 3.8) is 0 Å². The van der Waals surface area contributed by atoms with Gasteiger partial charge >= 0.3 is 0 Å². The maximum absolute atomic E-state index is 12.2. The quantitative estimate of drug-likeness (QED) is 0.871. The zero-order valence-corrected chi connectivity index (χ0v) is 11.9. The van der Waals surface area contributed by atoms with Crippen molar-refractivity contribution in [2.75, 3.05) is 18.0 Å². The molecular weight excluding hydrogens is 274 g/mol. The third-order valence-electron chi connectivity index (χ3n) is 3.56. The Morgan fingerprint density at radius 2 is 1.85 bits per heavy atom. The second-order valence-electron chi connectivity index (χ2n) is 5.00. The van der Waals surface area contributed by atoms with Gasteiger partial charge in [-0.15, -0.1) is 0 Å². The Labute approximate surface area is 122 Å². The Hall–Kier alpha value is -1.81. The van der Waals surface area contributed by atoms with Gasteiger partial charge in [0, 0.05) is 19.2 Å². The largest absolute Gasteiger partial charge is 0.369 e. The SMILES string of the molecule is O=c1cc(N2CCCC2)c(Cl)nn1Cc1ccccc1. The summed E-state index contributed by atoms with van der Waals surface area (Å²) < 4.78 is 1.41. The predicted molar refractivity (Wildman–Crippen MR) is 80.5 cm³/mol. The van der Waals surface area contributed by atoms with Crippen LogP contribution in [0.5, 0.6) is 0 Å². The van der Waals surface area contributed by atoms with E-state index in [1.807, 2.05) is 30.3 Å². The minimum Gasteiger partial charge on any atom is -0.369 e. The van der Waals surface area contributed by atoms with Crippen molar-refractivity contribution in [2.24, 2.45) is 0 Å². The van der Waals surface area contributed by atoms with Gasteiger partial charge in [-0.25, -0.2) is 4.68 Å². The first-order valence-corrected chi connectivity index (χ1v) is 7.18. The molecule has 0 amide bonds. The molecule has 1 saturated heterocycles. The topological polar surface area (TPSA) is 38.1 Å². The highest BCUT2D eigenvalue weighted by molar-refractivity contribution is 6.31. The molecule has 104 valence electrons. The van der Waals surface area contributed by atoms with Gasteiger partial charge < -0.3 is 4.90 Å². The molecule has 0 bridgehead atoms. The first-order valence-electron chi connectivity index (χ1n) is 6.80. The Morgan fingerprint density at radius 3 is 2.55 bits per heavy atom. The summed E-state index contributed by atoms with van der Waals surface area (Å²) >= 11 is 6.24. The van der Waals surface area contributed by atoms with Crippen molar-refractivity contribution >= 4 is 17.3 Å². The highest BCUT2D eigenvalue weighted by atomic mass is 35.5. The van der Waals surface area contributed by atoms with Gasteiger partial charge in [0.15, 0.2) is 5.15 Å². The van der Waals surface area contributed by atoms with Gasteiger partial charge in [-0.2, -0.15) is 5.10 Å². The van der Waals surface area contributed by atoms with E-state index in [0.29, 0.717) is 11.7 Å². The molecule has 1 aliphatic rings. The zero-order valence-electron chi connectivity index (χ0n) is 11.1. The number of hydrogen-bond acceptors (Lipinski definition) is 3. The molecule has 0 radical (unpaired) electrons. The molecule has 0 N–H and O–H groups in total. The van der Waals surface area contributed by atoms with Gasteiger partial charge in [0.2, 0.25) is 0 Å². The monoisotopic (exact) mass is 289 g/mol. The summed E-state index contributed by atoms with van der Waals surface area (Å²) in [5.41, 5.74) is 1.69. The van der Waals surface area contributed by atoms with Crippen LogP contribution in [0.3, 0.4) is 0 Å². The smallest absolute Gasteiger partial charge is 0.269 e. The van der Waals surface area contributed by atoms with Crippen LogP contribution in [-0.4, -0.2) is 22.9 Å². The van der Waals surface area contributed by atoms with E-state index in [1.54, 1.807) is 6.07 Å². The fourth-order valence-electron chi connectivity index (χ4n) is 2.51. The molecule has 1 fully saturated rings. The van der Waals surface area contributed by atoms with Crippen LogP contribution in [-0.2, 0) is 6.54 Å². The lowest BCUT2D eigenvalue weighted by Gasteiger charge is -2.18. The highest BCUT2D eigenvalue weighted by Crippen LogP contribution is 2.25. The molecule has 0 spiro atoms. The molecule has 4 nitrogen and oxygen atoms in total. The number of aromatic nitrogens is 2. The van der Waals surface area contributed by atoms with E-state index in [0.717, 1.165) is 37.2 Å². The lowest BCUT2D eigenvalue weighted by molar-refractivity contribution is 0.638. The van der Waals surface area contributed by atoms with Crippen molar-refractivity contribution < 1.29 is 0 Å². The molecule has 1 aliphatic heterocycles. The van der Waals surface area contributed by atoms with Crippen LogP contribution >= 0.6 is 11.6 Å². The first-order chi connectivity index (χ1) is 9.74.